The van der Waals surface area contributed by atoms with Gasteiger partial charge in [0.15, 0.2) is 0 Å². The van der Waals surface area contributed by atoms with E-state index in [-0.39, 0.29) is 42.3 Å². The van der Waals surface area contributed by atoms with Crippen molar-refractivity contribution in [3.63, 3.8) is 0 Å². The van der Waals surface area contributed by atoms with Crippen molar-refractivity contribution < 1.29 is 24.5 Å². The summed E-state index contributed by atoms with van der Waals surface area (Å²) in [6.07, 6.45) is 2.57. The minimum Gasteiger partial charge on any atom is -0.493 e. The van der Waals surface area contributed by atoms with Gasteiger partial charge in [0.2, 0.25) is 0 Å². The third-order valence-electron chi connectivity index (χ3n) is 5.67. The smallest absolute Gasteiger partial charge is 0.348 e. The van der Waals surface area contributed by atoms with Crippen molar-refractivity contribution in [3.05, 3.63) is 50.7 Å². The molecule has 1 aliphatic carbocycles. The molecule has 0 aliphatic heterocycles. The molecule has 1 saturated carbocycles. The summed E-state index contributed by atoms with van der Waals surface area (Å²) in [5.74, 6) is 0.540. The first-order valence-electron chi connectivity index (χ1n) is 10.6. The summed E-state index contributed by atoms with van der Waals surface area (Å²) in [6, 6.07) is 8.85. The van der Waals surface area contributed by atoms with Gasteiger partial charge in [-0.05, 0) is 67.5 Å². The van der Waals surface area contributed by atoms with Crippen molar-refractivity contribution in [1.29, 1.82) is 0 Å². The van der Waals surface area contributed by atoms with Crippen LogP contribution in [-0.4, -0.2) is 46.8 Å². The van der Waals surface area contributed by atoms with Gasteiger partial charge in [-0.3, -0.25) is 0 Å². The number of ether oxygens (including phenoxy) is 2. The van der Waals surface area contributed by atoms with Crippen LogP contribution in [0.3, 0.4) is 0 Å². The number of thiophene rings is 1. The Morgan fingerprint density at radius 2 is 2.03 bits per heavy atom. The molecule has 176 valence electrons. The van der Waals surface area contributed by atoms with Gasteiger partial charge in [-0.15, -0.1) is 34.5 Å². The van der Waals surface area contributed by atoms with Gasteiger partial charge in [0.05, 0.1) is 25.2 Å². The van der Waals surface area contributed by atoms with Crippen LogP contribution in [-0.2, 0) is 17.8 Å². The lowest BCUT2D eigenvalue weighted by Gasteiger charge is -2.24. The molecule has 0 bridgehead atoms. The first-order valence-corrected chi connectivity index (χ1v) is 12.7. The highest BCUT2D eigenvalue weighted by molar-refractivity contribution is 7.13. The van der Waals surface area contributed by atoms with Gasteiger partial charge >= 0.3 is 5.97 Å². The third kappa shape index (κ3) is 6.99. The molecule has 0 radical (unpaired) electrons. The predicted octanol–water partition coefficient (Wildman–Crippen LogP) is 5.30. The van der Waals surface area contributed by atoms with Crippen LogP contribution in [0, 0.1) is 11.8 Å². The number of aliphatic hydroxyl groups is 2. The fraction of sp³-hybridized carbons (Fsp3) is 0.522. The second kappa shape index (κ2) is 12.4. The Balaban J connectivity index is 1.53. The van der Waals surface area contributed by atoms with E-state index in [1.165, 1.54) is 11.3 Å². The topological polar surface area (TPSA) is 76.0 Å². The van der Waals surface area contributed by atoms with Crippen LogP contribution in [0.15, 0.2) is 30.3 Å². The van der Waals surface area contributed by atoms with Gasteiger partial charge in [0.1, 0.15) is 17.2 Å². The molecule has 0 spiro atoms. The first kappa shape index (κ1) is 25.6. The maximum absolute atomic E-state index is 11.9. The summed E-state index contributed by atoms with van der Waals surface area (Å²) >= 11 is 19.6. The average molecular weight is 522 g/mol. The zero-order chi connectivity index (χ0) is 23.1. The van der Waals surface area contributed by atoms with Crippen molar-refractivity contribution in [2.45, 2.75) is 43.8 Å². The summed E-state index contributed by atoms with van der Waals surface area (Å²) in [5, 5.41) is 20.2. The van der Waals surface area contributed by atoms with Crippen molar-refractivity contribution in [1.82, 2.24) is 0 Å². The van der Waals surface area contributed by atoms with E-state index in [0.29, 0.717) is 34.2 Å². The van der Waals surface area contributed by atoms with Crippen molar-refractivity contribution in [3.8, 4) is 5.75 Å². The lowest BCUT2D eigenvalue weighted by Crippen LogP contribution is -2.27. The second-order valence-electron chi connectivity index (χ2n) is 7.89. The summed E-state index contributed by atoms with van der Waals surface area (Å²) in [6.45, 7) is 0.411. The quantitative estimate of drug-likeness (QED) is 0.310. The van der Waals surface area contributed by atoms with E-state index in [1.54, 1.807) is 24.3 Å². The molecule has 32 heavy (non-hydrogen) atoms. The Bertz CT molecular complexity index is 890. The van der Waals surface area contributed by atoms with Crippen molar-refractivity contribution in [2.75, 3.05) is 19.1 Å². The van der Waals surface area contributed by atoms with Crippen LogP contribution in [0.4, 0.5) is 0 Å². The number of esters is 1. The monoisotopic (exact) mass is 520 g/mol. The van der Waals surface area contributed by atoms with E-state index >= 15 is 0 Å². The van der Waals surface area contributed by atoms with Gasteiger partial charge in [0.25, 0.3) is 0 Å². The molecule has 0 saturated heterocycles. The SMILES string of the molecule is O=C(OCCCl)c1ccc(CCC[C@@H]2[C@@H](COc3cc(Cl)cc(CO)c3)[C@H](O)C[C@H]2Cl)s1. The normalized spacial score (nSPS) is 22.8. The first-order chi connectivity index (χ1) is 15.4. The number of carbonyl (C=O) groups excluding carboxylic acids is 1. The van der Waals surface area contributed by atoms with E-state index in [2.05, 4.69) is 0 Å². The van der Waals surface area contributed by atoms with E-state index in [4.69, 9.17) is 44.3 Å². The van der Waals surface area contributed by atoms with Crippen molar-refractivity contribution >= 4 is 52.1 Å². The maximum Gasteiger partial charge on any atom is 0.348 e. The van der Waals surface area contributed by atoms with Gasteiger partial charge in [-0.1, -0.05) is 11.6 Å². The second-order valence-corrected chi connectivity index (χ2v) is 10.4. The van der Waals surface area contributed by atoms with Crippen LogP contribution >= 0.6 is 46.1 Å². The predicted molar refractivity (Wildman–Crippen MR) is 128 cm³/mol. The standard InChI is InChI=1S/C23H27Cl3O5S/c24-6-7-30-23(29)22-5-4-17(32-22)2-1-3-18-19(21(28)11-20(18)26)13-31-16-9-14(12-27)8-15(25)10-16/h4-5,8-10,18-21,27-28H,1-3,6-7,11-13H2/t18-,19-,20-,21-/m1/s1. The van der Waals surface area contributed by atoms with Crippen LogP contribution in [0.2, 0.25) is 5.02 Å². The Kier molecular flexibility index (Phi) is 9.96. The molecule has 1 aromatic heterocycles. The summed E-state index contributed by atoms with van der Waals surface area (Å²) in [5.41, 5.74) is 0.674. The van der Waals surface area contributed by atoms with Gasteiger partial charge < -0.3 is 19.7 Å². The third-order valence-corrected chi connectivity index (χ3v) is 7.66. The molecule has 4 atom stereocenters. The summed E-state index contributed by atoms with van der Waals surface area (Å²) < 4.78 is 11.0. The van der Waals surface area contributed by atoms with E-state index in [1.807, 2.05) is 6.07 Å². The number of hydrogen-bond donors (Lipinski definition) is 2. The van der Waals surface area contributed by atoms with E-state index < -0.39 is 6.10 Å². The van der Waals surface area contributed by atoms with Crippen LogP contribution in [0.25, 0.3) is 0 Å². The van der Waals surface area contributed by atoms with E-state index in [9.17, 15) is 15.0 Å². The minimum atomic E-state index is -0.524. The molecule has 5 nitrogen and oxygen atoms in total. The molecule has 1 aliphatic rings. The molecule has 9 heteroatoms. The number of rotatable bonds is 11. The van der Waals surface area contributed by atoms with Crippen LogP contribution < -0.4 is 4.74 Å². The number of hydrogen-bond acceptors (Lipinski definition) is 6. The largest absolute Gasteiger partial charge is 0.493 e. The molecular weight excluding hydrogens is 495 g/mol. The highest BCUT2D eigenvalue weighted by atomic mass is 35.5. The fourth-order valence-electron chi connectivity index (χ4n) is 4.09. The number of aliphatic hydroxyl groups excluding tert-OH is 2. The fourth-order valence-corrected chi connectivity index (χ4v) is 5.85. The summed E-state index contributed by atoms with van der Waals surface area (Å²) in [4.78, 5) is 13.6. The van der Waals surface area contributed by atoms with Gasteiger partial charge in [-0.25, -0.2) is 4.79 Å². The number of alkyl halides is 2. The molecule has 1 heterocycles. The zero-order valence-electron chi connectivity index (χ0n) is 17.5. The van der Waals surface area contributed by atoms with E-state index in [0.717, 1.165) is 24.1 Å². The Morgan fingerprint density at radius 1 is 1.22 bits per heavy atom. The van der Waals surface area contributed by atoms with Gasteiger partial charge in [-0.2, -0.15) is 0 Å². The summed E-state index contributed by atoms with van der Waals surface area (Å²) in [7, 11) is 0. The number of carbonyl (C=O) groups is 1. The lowest BCUT2D eigenvalue weighted by atomic mass is 9.90. The molecule has 2 N–H and O–H groups in total. The molecule has 1 fully saturated rings. The zero-order valence-corrected chi connectivity index (χ0v) is 20.6. The molecule has 1 aromatic carbocycles. The van der Waals surface area contributed by atoms with Crippen molar-refractivity contribution in [2.24, 2.45) is 11.8 Å². The Hall–Kier alpha value is -1.02. The number of benzene rings is 1. The molecule has 0 amide bonds. The highest BCUT2D eigenvalue weighted by Gasteiger charge is 2.41. The lowest BCUT2D eigenvalue weighted by molar-refractivity contribution is 0.0534. The molecule has 0 unspecified atom stereocenters. The maximum atomic E-state index is 11.9. The van der Waals surface area contributed by atoms with Crippen LogP contribution in [0.1, 0.15) is 39.4 Å². The minimum absolute atomic E-state index is 0.0847. The molecular formula is C23H27Cl3O5S. The molecule has 3 rings (SSSR count). The number of aryl methyl sites for hydroxylation is 1. The Morgan fingerprint density at radius 3 is 2.78 bits per heavy atom. The highest BCUT2D eigenvalue weighted by Crippen LogP contribution is 2.40. The Labute approximate surface area is 207 Å². The number of halogens is 3. The average Bonchev–Trinajstić information content (AvgIpc) is 3.34. The van der Waals surface area contributed by atoms with Crippen LogP contribution in [0.5, 0.6) is 5.75 Å². The van der Waals surface area contributed by atoms with Gasteiger partial charge in [0, 0.05) is 21.2 Å². The molecule has 2 aromatic rings.